The van der Waals surface area contributed by atoms with Crippen LogP contribution in [0.5, 0.6) is 0 Å². The summed E-state index contributed by atoms with van der Waals surface area (Å²) in [6.07, 6.45) is 20.8. The molecule has 0 heterocycles. The van der Waals surface area contributed by atoms with E-state index in [0.717, 1.165) is 0 Å². The van der Waals surface area contributed by atoms with E-state index in [0.29, 0.717) is 0 Å². The quantitative estimate of drug-likeness (QED) is 0.286. The summed E-state index contributed by atoms with van der Waals surface area (Å²) < 4.78 is 0. The van der Waals surface area contributed by atoms with Gasteiger partial charge in [0.25, 0.3) is 0 Å². The smallest absolute Gasteiger partial charge is 0.0348 e. The standard InChI is InChI=1S/C17H32/c1-4-6-7-8-9-10-11-12-13-14-15-16-17(3)5-2/h5,15-16H,4,6-14H2,1-3H3/b16-15+,17-5?. The van der Waals surface area contributed by atoms with Crippen molar-refractivity contribution in [3.8, 4) is 0 Å². The largest absolute Gasteiger partial charge is 0.0847 e. The van der Waals surface area contributed by atoms with E-state index >= 15 is 0 Å². The Hall–Kier alpha value is -0.520. The normalized spacial score (nSPS) is 12.5. The molecular formula is C17H32. The van der Waals surface area contributed by atoms with E-state index < -0.39 is 0 Å². The molecule has 0 N–H and O–H groups in total. The highest BCUT2D eigenvalue weighted by Crippen LogP contribution is 2.10. The molecule has 0 bridgehead atoms. The summed E-state index contributed by atoms with van der Waals surface area (Å²) in [5.41, 5.74) is 1.38. The Morgan fingerprint density at radius 2 is 1.35 bits per heavy atom. The van der Waals surface area contributed by atoms with Crippen molar-refractivity contribution >= 4 is 0 Å². The van der Waals surface area contributed by atoms with Gasteiger partial charge < -0.3 is 0 Å². The van der Waals surface area contributed by atoms with Crippen LogP contribution in [0, 0.1) is 0 Å². The molecule has 0 saturated heterocycles. The summed E-state index contributed by atoms with van der Waals surface area (Å²) in [7, 11) is 0. The molecule has 0 spiro atoms. The van der Waals surface area contributed by atoms with Crippen LogP contribution < -0.4 is 0 Å². The Balaban J connectivity index is 3.11. The zero-order valence-corrected chi connectivity index (χ0v) is 12.3. The number of unbranched alkanes of at least 4 members (excludes halogenated alkanes) is 9. The lowest BCUT2D eigenvalue weighted by Crippen LogP contribution is -1.80. The molecule has 0 atom stereocenters. The van der Waals surface area contributed by atoms with E-state index in [9.17, 15) is 0 Å². The fraction of sp³-hybridized carbons (Fsp3) is 0.765. The van der Waals surface area contributed by atoms with Gasteiger partial charge in [0.05, 0.1) is 0 Å². The van der Waals surface area contributed by atoms with Crippen LogP contribution >= 0.6 is 0 Å². The van der Waals surface area contributed by atoms with Crippen molar-refractivity contribution in [1.82, 2.24) is 0 Å². The van der Waals surface area contributed by atoms with Crippen molar-refractivity contribution in [1.29, 1.82) is 0 Å². The zero-order valence-electron chi connectivity index (χ0n) is 12.3. The van der Waals surface area contributed by atoms with Crippen molar-refractivity contribution in [2.24, 2.45) is 0 Å². The Bertz CT molecular complexity index is 198. The number of allylic oxidation sites excluding steroid dienone is 4. The van der Waals surface area contributed by atoms with Gasteiger partial charge in [0.1, 0.15) is 0 Å². The lowest BCUT2D eigenvalue weighted by atomic mass is 10.1. The van der Waals surface area contributed by atoms with Crippen LogP contribution in [0.4, 0.5) is 0 Å². The monoisotopic (exact) mass is 236 g/mol. The molecule has 0 aromatic rings. The molecule has 0 aliphatic carbocycles. The van der Waals surface area contributed by atoms with Crippen LogP contribution in [0.15, 0.2) is 23.8 Å². The third-order valence-corrected chi connectivity index (χ3v) is 3.31. The molecular weight excluding hydrogens is 204 g/mol. The average Bonchev–Trinajstić information content (AvgIpc) is 2.35. The third kappa shape index (κ3) is 13.4. The molecule has 0 rings (SSSR count). The van der Waals surface area contributed by atoms with Gasteiger partial charge in [0.2, 0.25) is 0 Å². The van der Waals surface area contributed by atoms with Crippen LogP contribution in [0.25, 0.3) is 0 Å². The molecule has 0 aliphatic heterocycles. The van der Waals surface area contributed by atoms with Crippen molar-refractivity contribution in [2.75, 3.05) is 0 Å². The highest BCUT2D eigenvalue weighted by Gasteiger charge is 1.91. The molecule has 0 aromatic carbocycles. The Kier molecular flexibility index (Phi) is 13.1. The van der Waals surface area contributed by atoms with Crippen molar-refractivity contribution in [3.63, 3.8) is 0 Å². The SMILES string of the molecule is CC=C(C)/C=C/CCCCCCCCCCC. The molecule has 100 valence electrons. The van der Waals surface area contributed by atoms with Gasteiger partial charge in [-0.05, 0) is 26.7 Å². The van der Waals surface area contributed by atoms with Crippen molar-refractivity contribution < 1.29 is 0 Å². The van der Waals surface area contributed by atoms with Gasteiger partial charge in [-0.15, -0.1) is 0 Å². The lowest BCUT2D eigenvalue weighted by molar-refractivity contribution is 0.566. The molecule has 17 heavy (non-hydrogen) atoms. The maximum absolute atomic E-state index is 2.32. The second-order valence-electron chi connectivity index (χ2n) is 5.05. The van der Waals surface area contributed by atoms with Crippen LogP contribution in [0.3, 0.4) is 0 Å². The number of hydrogen-bond donors (Lipinski definition) is 0. The summed E-state index contributed by atoms with van der Waals surface area (Å²) in [6.45, 7) is 6.54. The third-order valence-electron chi connectivity index (χ3n) is 3.31. The predicted molar refractivity (Wildman–Crippen MR) is 80.4 cm³/mol. The van der Waals surface area contributed by atoms with E-state index in [4.69, 9.17) is 0 Å². The van der Waals surface area contributed by atoms with Gasteiger partial charge in [-0.25, -0.2) is 0 Å². The minimum atomic E-state index is 1.25. The summed E-state index contributed by atoms with van der Waals surface area (Å²) in [4.78, 5) is 0. The van der Waals surface area contributed by atoms with Crippen LogP contribution in [-0.4, -0.2) is 0 Å². The Morgan fingerprint density at radius 1 is 0.824 bits per heavy atom. The van der Waals surface area contributed by atoms with Gasteiger partial charge >= 0.3 is 0 Å². The topological polar surface area (TPSA) is 0 Å². The first kappa shape index (κ1) is 16.5. The Morgan fingerprint density at radius 3 is 1.88 bits per heavy atom. The number of rotatable bonds is 11. The summed E-state index contributed by atoms with van der Waals surface area (Å²) in [5.74, 6) is 0. The molecule has 0 heteroatoms. The van der Waals surface area contributed by atoms with Gasteiger partial charge in [-0.1, -0.05) is 82.1 Å². The molecule has 0 aromatic heterocycles. The van der Waals surface area contributed by atoms with Gasteiger partial charge in [0, 0.05) is 0 Å². The van der Waals surface area contributed by atoms with Crippen LogP contribution in [0.2, 0.25) is 0 Å². The van der Waals surface area contributed by atoms with Crippen molar-refractivity contribution in [2.45, 2.75) is 85.0 Å². The number of hydrogen-bond acceptors (Lipinski definition) is 0. The van der Waals surface area contributed by atoms with Crippen molar-refractivity contribution in [3.05, 3.63) is 23.8 Å². The zero-order chi connectivity index (χ0) is 12.8. The summed E-state index contributed by atoms with van der Waals surface area (Å²) >= 11 is 0. The minimum absolute atomic E-state index is 1.25. The first-order valence-corrected chi connectivity index (χ1v) is 7.60. The van der Waals surface area contributed by atoms with Gasteiger partial charge in [-0.2, -0.15) is 0 Å². The average molecular weight is 236 g/mol. The summed E-state index contributed by atoms with van der Waals surface area (Å²) in [6, 6.07) is 0. The molecule has 0 nitrogen and oxygen atoms in total. The lowest BCUT2D eigenvalue weighted by Gasteiger charge is -2.00. The van der Waals surface area contributed by atoms with E-state index in [1.54, 1.807) is 0 Å². The predicted octanol–water partition coefficient (Wildman–Crippen LogP) is 6.43. The van der Waals surface area contributed by atoms with Gasteiger partial charge in [0.15, 0.2) is 0 Å². The fourth-order valence-corrected chi connectivity index (χ4v) is 1.94. The highest BCUT2D eigenvalue weighted by atomic mass is 14.0. The highest BCUT2D eigenvalue weighted by molar-refractivity contribution is 5.14. The van der Waals surface area contributed by atoms with E-state index in [-0.39, 0.29) is 0 Å². The first-order chi connectivity index (χ1) is 8.31. The molecule has 0 radical (unpaired) electrons. The second-order valence-corrected chi connectivity index (χ2v) is 5.05. The second kappa shape index (κ2) is 13.5. The molecule has 0 saturated carbocycles. The maximum Gasteiger partial charge on any atom is -0.0348 e. The molecule has 0 aliphatic rings. The van der Waals surface area contributed by atoms with Crippen LogP contribution in [0.1, 0.15) is 85.0 Å². The molecule has 0 fully saturated rings. The van der Waals surface area contributed by atoms with Gasteiger partial charge in [-0.3, -0.25) is 0 Å². The maximum atomic E-state index is 2.32. The van der Waals surface area contributed by atoms with E-state index in [2.05, 4.69) is 39.0 Å². The fourth-order valence-electron chi connectivity index (χ4n) is 1.94. The van der Waals surface area contributed by atoms with E-state index in [1.807, 2.05) is 0 Å². The van der Waals surface area contributed by atoms with Crippen LogP contribution in [-0.2, 0) is 0 Å². The van der Waals surface area contributed by atoms with E-state index in [1.165, 1.54) is 69.8 Å². The molecule has 0 unspecified atom stereocenters. The molecule has 0 amide bonds. The first-order valence-electron chi connectivity index (χ1n) is 7.60. The summed E-state index contributed by atoms with van der Waals surface area (Å²) in [5, 5.41) is 0. The Labute approximate surface area is 109 Å². The minimum Gasteiger partial charge on any atom is -0.0847 e.